The zero-order valence-corrected chi connectivity index (χ0v) is 11.5. The quantitative estimate of drug-likeness (QED) is 0.801. The number of rotatable bonds is 6. The third kappa shape index (κ3) is 5.42. The Kier molecular flexibility index (Phi) is 5.85. The third-order valence-corrected chi connectivity index (χ3v) is 2.44. The number of amides is 2. The molecule has 0 aromatic heterocycles. The third-order valence-electron chi connectivity index (χ3n) is 2.44. The lowest BCUT2D eigenvalue weighted by Gasteiger charge is -2.10. The Hall–Kier alpha value is -2.04. The summed E-state index contributed by atoms with van der Waals surface area (Å²) in [6.45, 7) is 3.73. The largest absolute Gasteiger partial charge is 0.496 e. The number of hydrogen-bond acceptors (Lipinski definition) is 3. The fourth-order valence-corrected chi connectivity index (χ4v) is 1.64. The molecule has 0 radical (unpaired) electrons. The Balaban J connectivity index is 2.45. The summed E-state index contributed by atoms with van der Waals surface area (Å²) in [5, 5.41) is 5.29. The maximum absolute atomic E-state index is 11.7. The summed E-state index contributed by atoms with van der Waals surface area (Å²) >= 11 is 0. The van der Waals surface area contributed by atoms with E-state index in [-0.39, 0.29) is 30.8 Å². The fraction of sp³-hybridized carbons (Fsp3) is 0.429. The van der Waals surface area contributed by atoms with Gasteiger partial charge in [-0.3, -0.25) is 9.59 Å². The van der Waals surface area contributed by atoms with Crippen LogP contribution in [0.4, 0.5) is 0 Å². The smallest absolute Gasteiger partial charge is 0.239 e. The summed E-state index contributed by atoms with van der Waals surface area (Å²) in [5.41, 5.74) is 0.798. The number of nitrogens with one attached hydrogen (secondary N) is 2. The molecule has 0 spiro atoms. The van der Waals surface area contributed by atoms with Crippen LogP contribution >= 0.6 is 0 Å². The monoisotopic (exact) mass is 264 g/mol. The lowest BCUT2D eigenvalue weighted by molar-refractivity contribution is -0.126. The average Bonchev–Trinajstić information content (AvgIpc) is 2.36. The second-order valence-electron chi connectivity index (χ2n) is 4.49. The Morgan fingerprint density at radius 2 is 1.89 bits per heavy atom. The number of methoxy groups -OCH3 is 1. The summed E-state index contributed by atoms with van der Waals surface area (Å²) in [4.78, 5) is 23.1. The maximum atomic E-state index is 11.7. The number of ether oxygens (including phenoxy) is 1. The first-order valence-corrected chi connectivity index (χ1v) is 6.21. The molecule has 104 valence electrons. The van der Waals surface area contributed by atoms with Gasteiger partial charge >= 0.3 is 0 Å². The Morgan fingerprint density at radius 1 is 1.21 bits per heavy atom. The molecular weight excluding hydrogens is 244 g/mol. The highest BCUT2D eigenvalue weighted by atomic mass is 16.5. The molecule has 1 aromatic rings. The number of hydrogen-bond donors (Lipinski definition) is 2. The highest BCUT2D eigenvalue weighted by molar-refractivity contribution is 5.86. The van der Waals surface area contributed by atoms with Crippen molar-refractivity contribution in [1.82, 2.24) is 10.6 Å². The van der Waals surface area contributed by atoms with E-state index in [1.807, 2.05) is 32.0 Å². The summed E-state index contributed by atoms with van der Waals surface area (Å²) in [5.74, 6) is 0.274. The van der Waals surface area contributed by atoms with E-state index in [2.05, 4.69) is 10.6 Å². The van der Waals surface area contributed by atoms with Crippen LogP contribution in [0.3, 0.4) is 0 Å². The van der Waals surface area contributed by atoms with Crippen LogP contribution in [0.5, 0.6) is 5.75 Å². The van der Waals surface area contributed by atoms with Gasteiger partial charge in [-0.1, -0.05) is 18.2 Å². The molecule has 0 heterocycles. The molecule has 19 heavy (non-hydrogen) atoms. The van der Waals surface area contributed by atoms with Crippen LogP contribution in [0.25, 0.3) is 0 Å². The molecule has 0 saturated carbocycles. The van der Waals surface area contributed by atoms with Crippen molar-refractivity contribution in [3.8, 4) is 5.75 Å². The minimum atomic E-state index is -0.205. The lowest BCUT2D eigenvalue weighted by Crippen LogP contribution is -2.40. The van der Waals surface area contributed by atoms with Crippen molar-refractivity contribution < 1.29 is 14.3 Å². The highest BCUT2D eigenvalue weighted by Gasteiger charge is 2.09. The molecular formula is C14H20N2O3. The van der Waals surface area contributed by atoms with Crippen molar-refractivity contribution in [1.29, 1.82) is 0 Å². The van der Waals surface area contributed by atoms with Crippen LogP contribution in [0.1, 0.15) is 19.4 Å². The molecule has 0 aliphatic rings. The normalized spacial score (nSPS) is 10.1. The van der Waals surface area contributed by atoms with Gasteiger partial charge in [0.1, 0.15) is 5.75 Å². The molecule has 5 nitrogen and oxygen atoms in total. The van der Waals surface area contributed by atoms with Crippen molar-refractivity contribution in [3.05, 3.63) is 29.8 Å². The van der Waals surface area contributed by atoms with Crippen molar-refractivity contribution in [2.45, 2.75) is 26.3 Å². The van der Waals surface area contributed by atoms with E-state index in [4.69, 9.17) is 4.74 Å². The number of benzene rings is 1. The average molecular weight is 264 g/mol. The summed E-state index contributed by atoms with van der Waals surface area (Å²) in [6, 6.07) is 7.38. The van der Waals surface area contributed by atoms with Crippen molar-refractivity contribution in [2.75, 3.05) is 13.7 Å². The predicted octanol–water partition coefficient (Wildman–Crippen LogP) is 0.878. The van der Waals surface area contributed by atoms with E-state index in [1.165, 1.54) is 0 Å². The summed E-state index contributed by atoms with van der Waals surface area (Å²) < 4.78 is 5.17. The zero-order valence-electron chi connectivity index (χ0n) is 11.5. The molecule has 0 aliphatic carbocycles. The fourth-order valence-electron chi connectivity index (χ4n) is 1.64. The Bertz CT molecular complexity index is 444. The van der Waals surface area contributed by atoms with Gasteiger partial charge in [0, 0.05) is 11.6 Å². The molecule has 0 saturated heterocycles. The van der Waals surface area contributed by atoms with Crippen molar-refractivity contribution >= 4 is 11.8 Å². The van der Waals surface area contributed by atoms with Crippen molar-refractivity contribution in [2.24, 2.45) is 0 Å². The number of carbonyl (C=O) groups is 2. The molecule has 0 unspecified atom stereocenters. The number of carbonyl (C=O) groups excluding carboxylic acids is 2. The minimum Gasteiger partial charge on any atom is -0.496 e. The van der Waals surface area contributed by atoms with Gasteiger partial charge in [-0.25, -0.2) is 0 Å². The number of para-hydroxylation sites is 1. The topological polar surface area (TPSA) is 67.4 Å². The summed E-state index contributed by atoms with van der Waals surface area (Å²) in [6.07, 6.45) is 0.193. The SMILES string of the molecule is COc1ccccc1CC(=O)NCC(=O)NC(C)C. The van der Waals surface area contributed by atoms with Crippen molar-refractivity contribution in [3.63, 3.8) is 0 Å². The second-order valence-corrected chi connectivity index (χ2v) is 4.49. The molecule has 2 amide bonds. The molecule has 0 atom stereocenters. The van der Waals surface area contributed by atoms with E-state index in [0.717, 1.165) is 5.56 Å². The van der Waals surface area contributed by atoms with E-state index in [0.29, 0.717) is 5.75 Å². The van der Waals surface area contributed by atoms with Gasteiger partial charge in [-0.05, 0) is 19.9 Å². The molecule has 1 aromatic carbocycles. The summed E-state index contributed by atoms with van der Waals surface area (Å²) in [7, 11) is 1.56. The maximum Gasteiger partial charge on any atom is 0.239 e. The standard InChI is InChI=1S/C14H20N2O3/c1-10(2)16-14(18)9-15-13(17)8-11-6-4-5-7-12(11)19-3/h4-7,10H,8-9H2,1-3H3,(H,15,17)(H,16,18). The van der Waals surface area contributed by atoms with Crippen LogP contribution in [-0.4, -0.2) is 31.5 Å². The van der Waals surface area contributed by atoms with Crippen LogP contribution in [-0.2, 0) is 16.0 Å². The molecule has 1 rings (SSSR count). The first-order valence-electron chi connectivity index (χ1n) is 6.21. The van der Waals surface area contributed by atoms with Gasteiger partial charge in [0.2, 0.25) is 11.8 Å². The van der Waals surface area contributed by atoms with Crippen LogP contribution in [0.2, 0.25) is 0 Å². The second kappa shape index (κ2) is 7.41. The molecule has 0 fully saturated rings. The van der Waals surface area contributed by atoms with E-state index in [9.17, 15) is 9.59 Å². The van der Waals surface area contributed by atoms with Gasteiger partial charge < -0.3 is 15.4 Å². The lowest BCUT2D eigenvalue weighted by atomic mass is 10.1. The van der Waals surface area contributed by atoms with Gasteiger partial charge in [-0.15, -0.1) is 0 Å². The van der Waals surface area contributed by atoms with E-state index < -0.39 is 0 Å². The molecule has 0 bridgehead atoms. The highest BCUT2D eigenvalue weighted by Crippen LogP contribution is 2.17. The van der Waals surface area contributed by atoms with E-state index >= 15 is 0 Å². The van der Waals surface area contributed by atoms with E-state index in [1.54, 1.807) is 13.2 Å². The van der Waals surface area contributed by atoms with Crippen LogP contribution in [0.15, 0.2) is 24.3 Å². The molecule has 2 N–H and O–H groups in total. The zero-order chi connectivity index (χ0) is 14.3. The van der Waals surface area contributed by atoms with Gasteiger partial charge in [0.05, 0.1) is 20.1 Å². The van der Waals surface area contributed by atoms with Crippen LogP contribution in [0, 0.1) is 0 Å². The Labute approximate surface area is 113 Å². The first-order chi connectivity index (χ1) is 9.02. The van der Waals surface area contributed by atoms with Gasteiger partial charge in [-0.2, -0.15) is 0 Å². The first kappa shape index (κ1) is 15.0. The van der Waals surface area contributed by atoms with Gasteiger partial charge in [0.15, 0.2) is 0 Å². The molecule has 0 aliphatic heterocycles. The molecule has 5 heteroatoms. The van der Waals surface area contributed by atoms with Crippen LogP contribution < -0.4 is 15.4 Å². The van der Waals surface area contributed by atoms with Gasteiger partial charge in [0.25, 0.3) is 0 Å². The Morgan fingerprint density at radius 3 is 2.53 bits per heavy atom. The minimum absolute atomic E-state index is 0.00778. The predicted molar refractivity (Wildman–Crippen MR) is 73.0 cm³/mol.